The van der Waals surface area contributed by atoms with E-state index >= 15 is 0 Å². The molecule has 184 valence electrons. The van der Waals surface area contributed by atoms with Crippen LogP contribution < -0.4 is 15.9 Å². The molecule has 1 unspecified atom stereocenters. The molecule has 1 aromatic carbocycles. The normalized spacial score (nSPS) is 16.8. The van der Waals surface area contributed by atoms with Crippen LogP contribution in [-0.2, 0) is 9.59 Å². The third-order valence-electron chi connectivity index (χ3n) is 5.33. The molecule has 2 aliphatic rings. The maximum atomic E-state index is 12.1. The highest BCUT2D eigenvalue weighted by atomic mass is 16.5. The van der Waals surface area contributed by atoms with Crippen molar-refractivity contribution < 1.29 is 14.3 Å². The van der Waals surface area contributed by atoms with Gasteiger partial charge in [-0.2, -0.15) is 0 Å². The molecule has 2 aromatic rings. The number of primary amides is 1. The summed E-state index contributed by atoms with van der Waals surface area (Å²) < 4.78 is 5.20. The fourth-order valence-corrected chi connectivity index (χ4v) is 3.77. The van der Waals surface area contributed by atoms with Crippen molar-refractivity contribution in [1.82, 2.24) is 9.88 Å². The number of pyridine rings is 1. The first kappa shape index (κ1) is 26.9. The van der Waals surface area contributed by atoms with E-state index < -0.39 is 5.91 Å². The Morgan fingerprint density at radius 3 is 2.41 bits per heavy atom. The standard InChI is InChI=1S/C16H15NO2.C7H12N2O2.C4H10/c1-19-12-7-8-13-15(9-12)17-14(10-16(13)18)11-5-3-2-4-6-11;1-5(10)9-4-2-3-6(9)7(8)11;1-4(2)3/h3,5-10H,2,4H2,1H3,(H,17,18);6H,2-4H2,1H3,(H2,8,11);4H,1-3H3. The van der Waals surface area contributed by atoms with Crippen LogP contribution in [0.3, 0.4) is 0 Å². The molecule has 0 spiro atoms. The maximum absolute atomic E-state index is 12.1. The van der Waals surface area contributed by atoms with Crippen LogP contribution >= 0.6 is 0 Å². The lowest BCUT2D eigenvalue weighted by molar-refractivity contribution is -0.135. The number of ether oxygens (including phenoxy) is 1. The van der Waals surface area contributed by atoms with Crippen molar-refractivity contribution in [2.45, 2.75) is 59.4 Å². The van der Waals surface area contributed by atoms with Crippen molar-refractivity contribution >= 4 is 28.3 Å². The second kappa shape index (κ2) is 12.8. The third kappa shape index (κ3) is 7.61. The molecular weight excluding hydrogens is 430 g/mol. The van der Waals surface area contributed by atoms with Gasteiger partial charge in [0.05, 0.1) is 12.6 Å². The van der Waals surface area contributed by atoms with Crippen LogP contribution in [0.4, 0.5) is 0 Å². The van der Waals surface area contributed by atoms with Crippen molar-refractivity contribution in [3.63, 3.8) is 0 Å². The number of amides is 2. The van der Waals surface area contributed by atoms with Gasteiger partial charge in [-0.1, -0.05) is 39.0 Å². The van der Waals surface area contributed by atoms with Gasteiger partial charge >= 0.3 is 0 Å². The number of rotatable bonds is 3. The number of nitrogens with one attached hydrogen (secondary N) is 1. The Morgan fingerprint density at radius 1 is 1.18 bits per heavy atom. The second-order valence-electron chi connectivity index (χ2n) is 9.10. The topological polar surface area (TPSA) is 105 Å². The largest absolute Gasteiger partial charge is 0.497 e. The van der Waals surface area contributed by atoms with Crippen LogP contribution in [0.2, 0.25) is 0 Å². The van der Waals surface area contributed by atoms with Gasteiger partial charge in [0.1, 0.15) is 11.8 Å². The summed E-state index contributed by atoms with van der Waals surface area (Å²) in [7, 11) is 1.62. The SMILES string of the molecule is CC(=O)N1CCCC1C(N)=O.CC(C)C.COc1ccc2c(=O)cc(C3=CCCC=C3)[nH]c2c1. The number of H-pyrrole nitrogens is 1. The number of allylic oxidation sites excluding steroid dienone is 4. The number of benzene rings is 1. The summed E-state index contributed by atoms with van der Waals surface area (Å²) in [6.45, 7) is 8.63. The van der Waals surface area contributed by atoms with Gasteiger partial charge < -0.3 is 20.4 Å². The summed E-state index contributed by atoms with van der Waals surface area (Å²) in [4.78, 5) is 38.6. The van der Waals surface area contributed by atoms with Crippen LogP contribution in [0, 0.1) is 5.92 Å². The van der Waals surface area contributed by atoms with Crippen LogP contribution in [0.25, 0.3) is 16.5 Å². The van der Waals surface area contributed by atoms with Gasteiger partial charge in [0.2, 0.25) is 11.8 Å². The Balaban J connectivity index is 0.000000231. The highest BCUT2D eigenvalue weighted by Crippen LogP contribution is 2.22. The van der Waals surface area contributed by atoms with Crippen molar-refractivity contribution in [3.05, 3.63) is 58.4 Å². The van der Waals surface area contributed by atoms with Gasteiger partial charge in [0.25, 0.3) is 0 Å². The van der Waals surface area contributed by atoms with Crippen molar-refractivity contribution in [2.24, 2.45) is 11.7 Å². The van der Waals surface area contributed by atoms with E-state index in [1.165, 1.54) is 11.8 Å². The number of carbonyl (C=O) groups is 2. The maximum Gasteiger partial charge on any atom is 0.240 e. The minimum Gasteiger partial charge on any atom is -0.497 e. The molecule has 1 fully saturated rings. The number of hydrogen-bond donors (Lipinski definition) is 2. The molecule has 34 heavy (non-hydrogen) atoms. The van der Waals surface area contributed by atoms with E-state index in [0.717, 1.165) is 54.1 Å². The Kier molecular flexibility index (Phi) is 10.1. The highest BCUT2D eigenvalue weighted by molar-refractivity contribution is 5.86. The zero-order valence-electron chi connectivity index (χ0n) is 20.9. The molecule has 3 N–H and O–H groups in total. The lowest BCUT2D eigenvalue weighted by Gasteiger charge is -2.19. The number of aromatic amines is 1. The number of nitrogens with two attached hydrogens (primary N) is 1. The zero-order valence-corrected chi connectivity index (χ0v) is 20.9. The number of likely N-dealkylation sites (tertiary alicyclic amines) is 1. The Labute approximate surface area is 201 Å². The molecule has 1 aromatic heterocycles. The lowest BCUT2D eigenvalue weighted by atomic mass is 10.0. The minimum atomic E-state index is -0.391. The van der Waals surface area contributed by atoms with E-state index in [1.807, 2.05) is 6.07 Å². The fourth-order valence-electron chi connectivity index (χ4n) is 3.77. The molecule has 0 bridgehead atoms. The molecule has 1 aliphatic carbocycles. The molecule has 1 saturated heterocycles. The lowest BCUT2D eigenvalue weighted by Crippen LogP contribution is -2.42. The average Bonchev–Trinajstić information content (AvgIpc) is 3.30. The predicted molar refractivity (Wildman–Crippen MR) is 138 cm³/mol. The quantitative estimate of drug-likeness (QED) is 0.697. The van der Waals surface area contributed by atoms with Crippen LogP contribution in [0.5, 0.6) is 5.75 Å². The van der Waals surface area contributed by atoms with Gasteiger partial charge in [-0.3, -0.25) is 14.4 Å². The van der Waals surface area contributed by atoms with Gasteiger partial charge in [-0.25, -0.2) is 0 Å². The molecule has 7 nitrogen and oxygen atoms in total. The molecule has 0 saturated carbocycles. The van der Waals surface area contributed by atoms with E-state index in [-0.39, 0.29) is 17.4 Å². The highest BCUT2D eigenvalue weighted by Gasteiger charge is 2.30. The van der Waals surface area contributed by atoms with Gasteiger partial charge in [-0.05, 0) is 49.3 Å². The van der Waals surface area contributed by atoms with E-state index in [0.29, 0.717) is 11.9 Å². The van der Waals surface area contributed by atoms with Crippen molar-refractivity contribution in [3.8, 4) is 5.75 Å². The summed E-state index contributed by atoms with van der Waals surface area (Å²) >= 11 is 0. The van der Waals surface area contributed by atoms with Crippen molar-refractivity contribution in [1.29, 1.82) is 0 Å². The molecule has 1 atom stereocenters. The summed E-state index contributed by atoms with van der Waals surface area (Å²) in [6.07, 6.45) is 10.0. The number of carbonyl (C=O) groups excluding carboxylic acids is 2. The average molecular weight is 468 g/mol. The first-order valence-electron chi connectivity index (χ1n) is 11.8. The molecule has 0 radical (unpaired) electrons. The summed E-state index contributed by atoms with van der Waals surface area (Å²) in [6, 6.07) is 6.76. The van der Waals surface area contributed by atoms with Crippen LogP contribution in [0.15, 0.2) is 47.3 Å². The Morgan fingerprint density at radius 2 is 1.88 bits per heavy atom. The summed E-state index contributed by atoms with van der Waals surface area (Å²) in [5.41, 5.74) is 7.87. The molecule has 1 aliphatic heterocycles. The Hall–Kier alpha value is -3.35. The number of fused-ring (bicyclic) bond motifs is 1. The fraction of sp³-hybridized carbons (Fsp3) is 0.444. The molecule has 4 rings (SSSR count). The van der Waals surface area contributed by atoms with Gasteiger partial charge in [0.15, 0.2) is 5.43 Å². The number of hydrogen-bond acceptors (Lipinski definition) is 4. The van der Waals surface area contributed by atoms with Crippen LogP contribution in [-0.4, -0.2) is 41.4 Å². The molecule has 2 heterocycles. The summed E-state index contributed by atoms with van der Waals surface area (Å²) in [5, 5.41) is 0.685. The summed E-state index contributed by atoms with van der Waals surface area (Å²) in [5.74, 6) is 1.12. The minimum absolute atomic E-state index is 0.0336. The monoisotopic (exact) mass is 467 g/mol. The first-order valence-corrected chi connectivity index (χ1v) is 11.8. The predicted octanol–water partition coefficient (Wildman–Crippen LogP) is 4.42. The van der Waals surface area contributed by atoms with E-state index in [2.05, 4.69) is 44.0 Å². The molecule has 2 amide bonds. The molecule has 7 heteroatoms. The van der Waals surface area contributed by atoms with Crippen LogP contribution in [0.1, 0.15) is 59.1 Å². The Bertz CT molecular complexity index is 1090. The molecular formula is C27H37N3O4. The van der Waals surface area contributed by atoms with Crippen molar-refractivity contribution in [2.75, 3.05) is 13.7 Å². The smallest absolute Gasteiger partial charge is 0.240 e. The number of aromatic nitrogens is 1. The zero-order chi connectivity index (χ0) is 25.3. The first-order chi connectivity index (χ1) is 16.1. The van der Waals surface area contributed by atoms with Gasteiger partial charge in [0, 0.05) is 36.7 Å². The van der Waals surface area contributed by atoms with Gasteiger partial charge in [-0.15, -0.1) is 0 Å². The third-order valence-corrected chi connectivity index (χ3v) is 5.33. The number of methoxy groups -OCH3 is 1. The van der Waals surface area contributed by atoms with E-state index in [1.54, 1.807) is 25.3 Å². The van der Waals surface area contributed by atoms with E-state index in [4.69, 9.17) is 10.5 Å². The number of nitrogens with zero attached hydrogens (tertiary/aromatic N) is 1. The van der Waals surface area contributed by atoms with E-state index in [9.17, 15) is 14.4 Å². The second-order valence-corrected chi connectivity index (χ2v) is 9.10.